The minimum atomic E-state index is -0.0255. The lowest BCUT2D eigenvalue weighted by atomic mass is 10.4. The number of hydrogen-bond donors (Lipinski definition) is 1. The molecule has 0 saturated carbocycles. The van der Waals surface area contributed by atoms with E-state index < -0.39 is 0 Å². The van der Waals surface area contributed by atoms with Crippen LogP contribution in [0.3, 0.4) is 0 Å². The van der Waals surface area contributed by atoms with Crippen LogP contribution in [0, 0.1) is 0 Å². The molecule has 0 spiro atoms. The van der Waals surface area contributed by atoms with E-state index in [0.717, 1.165) is 10.2 Å². The molecule has 1 N–H and O–H groups in total. The molecule has 0 aliphatic heterocycles. The van der Waals surface area contributed by atoms with Crippen molar-refractivity contribution in [1.29, 1.82) is 0 Å². The first-order chi connectivity index (χ1) is 6.84. The lowest BCUT2D eigenvalue weighted by Gasteiger charge is -2.03. The molecule has 0 aliphatic carbocycles. The molecule has 0 atom stereocenters. The Morgan fingerprint density at radius 3 is 3.07 bits per heavy atom. The number of nitrogens with one attached hydrogen (secondary N) is 1. The Kier molecular flexibility index (Phi) is 5.82. The molecular weight excluding hydrogens is 266 g/mol. The predicted octanol–water partition coefficient (Wildman–Crippen LogP) is 1.89. The minimum Gasteiger partial charge on any atom is -0.379 e. The third kappa shape index (κ3) is 4.21. The zero-order valence-corrected chi connectivity index (χ0v) is 10.1. The summed E-state index contributed by atoms with van der Waals surface area (Å²) in [5.41, 5.74) is 0. The number of carbonyl (C=O) groups excluding carboxylic acids is 1. The predicted molar refractivity (Wildman–Crippen MR) is 61.3 cm³/mol. The maximum Gasteiger partial charge on any atom is 0.261 e. The molecule has 5 heteroatoms. The summed E-state index contributed by atoms with van der Waals surface area (Å²) in [4.78, 5) is 12.1. The van der Waals surface area contributed by atoms with E-state index in [1.54, 1.807) is 6.07 Å². The molecule has 1 aromatic rings. The smallest absolute Gasteiger partial charge is 0.261 e. The van der Waals surface area contributed by atoms with Gasteiger partial charge in [0, 0.05) is 11.9 Å². The van der Waals surface area contributed by atoms with Crippen molar-refractivity contribution >= 4 is 33.2 Å². The van der Waals surface area contributed by atoms with Crippen molar-refractivity contribution in [1.82, 2.24) is 5.32 Å². The maximum absolute atomic E-state index is 11.4. The first-order valence-electron chi connectivity index (χ1n) is 4.30. The Hall–Kier alpha value is -0.390. The first-order valence-corrected chi connectivity index (χ1v) is 6.30. The van der Waals surface area contributed by atoms with Crippen molar-refractivity contribution in [3.63, 3.8) is 0 Å². The Labute approximate surface area is 95.6 Å². The Bertz CT molecular complexity index is 264. The molecule has 0 aromatic carbocycles. The van der Waals surface area contributed by atoms with Crippen molar-refractivity contribution < 1.29 is 9.53 Å². The molecule has 0 aliphatic rings. The van der Waals surface area contributed by atoms with Crippen molar-refractivity contribution in [2.24, 2.45) is 0 Å². The number of hydrogen-bond acceptors (Lipinski definition) is 3. The van der Waals surface area contributed by atoms with Crippen LogP contribution in [0.5, 0.6) is 0 Å². The minimum absolute atomic E-state index is 0.0255. The summed E-state index contributed by atoms with van der Waals surface area (Å²) in [5.74, 6) is -0.0255. The van der Waals surface area contributed by atoms with Crippen LogP contribution >= 0.6 is 27.3 Å². The van der Waals surface area contributed by atoms with Crippen LogP contribution in [0.25, 0.3) is 0 Å². The largest absolute Gasteiger partial charge is 0.379 e. The fourth-order valence-electron chi connectivity index (χ4n) is 0.888. The van der Waals surface area contributed by atoms with Crippen molar-refractivity contribution in [2.45, 2.75) is 0 Å². The number of rotatable bonds is 6. The highest BCUT2D eigenvalue weighted by molar-refractivity contribution is 9.09. The number of ether oxygens (including phenoxy) is 1. The third-order valence-electron chi connectivity index (χ3n) is 1.50. The maximum atomic E-state index is 11.4. The van der Waals surface area contributed by atoms with E-state index in [1.165, 1.54) is 11.3 Å². The van der Waals surface area contributed by atoms with Gasteiger partial charge in [0.05, 0.1) is 18.1 Å². The standard InChI is InChI=1S/C9H12BrNO2S/c10-3-5-13-6-4-11-9(12)8-2-1-7-14-8/h1-2,7H,3-6H2,(H,11,12). The van der Waals surface area contributed by atoms with Crippen LogP contribution in [0.15, 0.2) is 17.5 Å². The monoisotopic (exact) mass is 277 g/mol. The van der Waals surface area contributed by atoms with Gasteiger partial charge in [-0.3, -0.25) is 4.79 Å². The van der Waals surface area contributed by atoms with Crippen molar-refractivity contribution in [2.75, 3.05) is 25.1 Å². The van der Waals surface area contributed by atoms with Crippen molar-refractivity contribution in [3.8, 4) is 0 Å². The average Bonchev–Trinajstić information content (AvgIpc) is 2.70. The lowest BCUT2D eigenvalue weighted by Crippen LogP contribution is -2.26. The van der Waals surface area contributed by atoms with Gasteiger partial charge in [0.1, 0.15) is 0 Å². The van der Waals surface area contributed by atoms with E-state index in [0.29, 0.717) is 19.8 Å². The normalized spacial score (nSPS) is 10.1. The van der Waals surface area contributed by atoms with Crippen LogP contribution in [0.2, 0.25) is 0 Å². The molecule has 3 nitrogen and oxygen atoms in total. The van der Waals surface area contributed by atoms with Gasteiger partial charge < -0.3 is 10.1 Å². The van der Waals surface area contributed by atoms with Crippen LogP contribution in [0.1, 0.15) is 9.67 Å². The molecule has 0 fully saturated rings. The van der Waals surface area contributed by atoms with Gasteiger partial charge in [-0.05, 0) is 11.4 Å². The summed E-state index contributed by atoms with van der Waals surface area (Å²) in [7, 11) is 0. The summed E-state index contributed by atoms with van der Waals surface area (Å²) in [6.07, 6.45) is 0. The van der Waals surface area contributed by atoms with Crippen LogP contribution in [-0.2, 0) is 4.74 Å². The van der Waals surface area contributed by atoms with E-state index in [9.17, 15) is 4.79 Å². The zero-order valence-electron chi connectivity index (χ0n) is 7.66. The van der Waals surface area contributed by atoms with E-state index in [1.807, 2.05) is 11.4 Å². The summed E-state index contributed by atoms with van der Waals surface area (Å²) in [5, 5.41) is 5.49. The summed E-state index contributed by atoms with van der Waals surface area (Å²) in [6, 6.07) is 3.67. The van der Waals surface area contributed by atoms with Crippen LogP contribution in [0.4, 0.5) is 0 Å². The SMILES string of the molecule is O=C(NCCOCCBr)c1cccs1. The zero-order chi connectivity index (χ0) is 10.2. The van der Waals surface area contributed by atoms with E-state index in [4.69, 9.17) is 4.74 Å². The summed E-state index contributed by atoms with van der Waals surface area (Å²) in [6.45, 7) is 1.79. The lowest BCUT2D eigenvalue weighted by molar-refractivity contribution is 0.0928. The first kappa shape index (κ1) is 11.7. The van der Waals surface area contributed by atoms with Gasteiger partial charge in [-0.2, -0.15) is 0 Å². The topological polar surface area (TPSA) is 38.3 Å². The second kappa shape index (κ2) is 6.98. The molecule has 1 aromatic heterocycles. The Morgan fingerprint density at radius 1 is 1.57 bits per heavy atom. The molecule has 14 heavy (non-hydrogen) atoms. The Morgan fingerprint density at radius 2 is 2.43 bits per heavy atom. The number of carbonyl (C=O) groups is 1. The van der Waals surface area contributed by atoms with Gasteiger partial charge in [0.25, 0.3) is 5.91 Å². The van der Waals surface area contributed by atoms with E-state index in [2.05, 4.69) is 21.2 Å². The van der Waals surface area contributed by atoms with E-state index in [-0.39, 0.29) is 5.91 Å². The molecule has 1 rings (SSSR count). The van der Waals surface area contributed by atoms with Crippen LogP contribution < -0.4 is 5.32 Å². The van der Waals surface area contributed by atoms with Gasteiger partial charge in [-0.1, -0.05) is 22.0 Å². The van der Waals surface area contributed by atoms with Crippen LogP contribution in [-0.4, -0.2) is 31.0 Å². The Balaban J connectivity index is 2.10. The highest BCUT2D eigenvalue weighted by Crippen LogP contribution is 2.07. The van der Waals surface area contributed by atoms with Crippen molar-refractivity contribution in [3.05, 3.63) is 22.4 Å². The fraction of sp³-hybridized carbons (Fsp3) is 0.444. The molecule has 1 amide bonds. The fourth-order valence-corrected chi connectivity index (χ4v) is 1.76. The second-order valence-corrected chi connectivity index (χ2v) is 4.28. The highest BCUT2D eigenvalue weighted by Gasteiger charge is 2.04. The number of thiophene rings is 1. The van der Waals surface area contributed by atoms with Gasteiger partial charge in [-0.15, -0.1) is 11.3 Å². The molecule has 0 unspecified atom stereocenters. The van der Waals surface area contributed by atoms with Gasteiger partial charge in [-0.25, -0.2) is 0 Å². The highest BCUT2D eigenvalue weighted by atomic mass is 79.9. The number of amides is 1. The molecule has 0 radical (unpaired) electrons. The van der Waals surface area contributed by atoms with Gasteiger partial charge in [0.2, 0.25) is 0 Å². The molecule has 0 bridgehead atoms. The number of halogens is 1. The quantitative estimate of drug-likeness (QED) is 0.637. The van der Waals surface area contributed by atoms with Gasteiger partial charge in [0.15, 0.2) is 0 Å². The summed E-state index contributed by atoms with van der Waals surface area (Å²) >= 11 is 4.69. The second-order valence-electron chi connectivity index (χ2n) is 2.53. The molecule has 78 valence electrons. The average molecular weight is 278 g/mol. The number of alkyl halides is 1. The van der Waals surface area contributed by atoms with E-state index >= 15 is 0 Å². The molecular formula is C9H12BrNO2S. The molecule has 1 heterocycles. The molecule has 0 saturated heterocycles. The van der Waals surface area contributed by atoms with Gasteiger partial charge >= 0.3 is 0 Å². The summed E-state index contributed by atoms with van der Waals surface area (Å²) < 4.78 is 5.19. The third-order valence-corrected chi connectivity index (χ3v) is 2.69.